The number of hydrogen-bond donors (Lipinski definition) is 0. The van der Waals surface area contributed by atoms with E-state index in [0.29, 0.717) is 28.4 Å². The van der Waals surface area contributed by atoms with Crippen molar-refractivity contribution in [2.45, 2.75) is 37.6 Å². The Kier molecular flexibility index (Phi) is 6.06. The van der Waals surface area contributed by atoms with E-state index in [4.69, 9.17) is 9.72 Å². The summed E-state index contributed by atoms with van der Waals surface area (Å²) >= 11 is 2.80. The number of benzene rings is 2. The third-order valence-electron chi connectivity index (χ3n) is 5.87. The zero-order valence-corrected chi connectivity index (χ0v) is 20.9. The molecule has 0 bridgehead atoms. The maximum Gasteiger partial charge on any atom is 0.262 e. The number of carbonyl (C=O) groups excluding carboxylic acids is 1. The van der Waals surface area contributed by atoms with E-state index in [1.54, 1.807) is 16.5 Å². The molecule has 3 heterocycles. The van der Waals surface area contributed by atoms with Crippen LogP contribution in [0.15, 0.2) is 70.6 Å². The minimum atomic E-state index is -0.301. The van der Waals surface area contributed by atoms with Gasteiger partial charge in [-0.3, -0.25) is 19.1 Å². The fourth-order valence-corrected chi connectivity index (χ4v) is 6.13. The van der Waals surface area contributed by atoms with Gasteiger partial charge in [-0.25, -0.2) is 4.98 Å². The van der Waals surface area contributed by atoms with Crippen molar-refractivity contribution >= 4 is 50.6 Å². The average molecular weight is 492 g/mol. The first-order valence-electron chi connectivity index (χ1n) is 11.1. The van der Waals surface area contributed by atoms with Crippen molar-refractivity contribution in [1.82, 2.24) is 9.55 Å². The quantitative estimate of drug-likeness (QED) is 0.280. The van der Waals surface area contributed by atoms with Crippen molar-refractivity contribution < 1.29 is 9.53 Å². The second-order valence-corrected chi connectivity index (χ2v) is 10.9. The van der Waals surface area contributed by atoms with Crippen LogP contribution in [0.4, 0.5) is 11.4 Å². The van der Waals surface area contributed by atoms with Gasteiger partial charge in [0.25, 0.3) is 5.56 Å². The first kappa shape index (κ1) is 22.8. The maximum atomic E-state index is 13.4. The van der Waals surface area contributed by atoms with Crippen LogP contribution in [-0.4, -0.2) is 26.8 Å². The van der Waals surface area contributed by atoms with Gasteiger partial charge < -0.3 is 4.74 Å². The third-order valence-corrected chi connectivity index (χ3v) is 7.99. The summed E-state index contributed by atoms with van der Waals surface area (Å²) in [4.78, 5) is 34.9. The number of nitrogens with zero attached hydrogens (tertiary/aromatic N) is 3. The molecule has 0 atom stereocenters. The molecule has 8 heteroatoms. The molecular weight excluding hydrogens is 466 g/mol. The highest BCUT2D eigenvalue weighted by atomic mass is 32.2. The van der Waals surface area contributed by atoms with E-state index in [1.807, 2.05) is 74.5 Å². The fraction of sp³-hybridized carbons (Fsp3) is 0.269. The van der Waals surface area contributed by atoms with Crippen molar-refractivity contribution in [3.63, 3.8) is 0 Å². The summed E-state index contributed by atoms with van der Waals surface area (Å²) in [7, 11) is 1.72. The van der Waals surface area contributed by atoms with Gasteiger partial charge in [0.15, 0.2) is 5.16 Å². The van der Waals surface area contributed by atoms with Crippen LogP contribution in [0.25, 0.3) is 10.2 Å². The Bertz CT molecular complexity index is 1370. The van der Waals surface area contributed by atoms with Crippen LogP contribution in [0.1, 0.15) is 24.3 Å². The Morgan fingerprint density at radius 2 is 1.74 bits per heavy atom. The van der Waals surface area contributed by atoms with E-state index >= 15 is 0 Å². The number of amides is 1. The van der Waals surface area contributed by atoms with E-state index < -0.39 is 0 Å². The fourth-order valence-electron chi connectivity index (χ4n) is 4.17. The van der Waals surface area contributed by atoms with Crippen LogP contribution in [0.2, 0.25) is 0 Å². The van der Waals surface area contributed by atoms with Gasteiger partial charge in [-0.15, -0.1) is 11.3 Å². The van der Waals surface area contributed by atoms with Crippen LogP contribution in [-0.2, 0) is 29.6 Å². The number of rotatable bonds is 5. The predicted molar refractivity (Wildman–Crippen MR) is 138 cm³/mol. The van der Waals surface area contributed by atoms with Crippen LogP contribution < -0.4 is 10.5 Å². The molecule has 0 fully saturated rings. The van der Waals surface area contributed by atoms with E-state index in [2.05, 4.69) is 0 Å². The minimum Gasteiger partial charge on any atom is -0.370 e. The van der Waals surface area contributed by atoms with Gasteiger partial charge in [0, 0.05) is 29.7 Å². The van der Waals surface area contributed by atoms with Crippen LogP contribution in [0.3, 0.4) is 0 Å². The molecule has 4 aromatic rings. The van der Waals surface area contributed by atoms with Crippen LogP contribution in [0.5, 0.6) is 0 Å². The lowest BCUT2D eigenvalue weighted by molar-refractivity contribution is -0.115. The molecule has 1 aliphatic rings. The molecular formula is C26H25N3O3S2. The third kappa shape index (κ3) is 4.29. The average Bonchev–Trinajstić information content (AvgIpc) is 3.18. The number of para-hydroxylation sites is 2. The Morgan fingerprint density at radius 3 is 2.35 bits per heavy atom. The SMILES string of the molecule is Cn1c(SCC(=O)N(c2ccccc2)c2ccccc2)nc2sc3c(c2c1=O)CC(C)(C)OC3. The molecule has 0 spiro atoms. The van der Waals surface area contributed by atoms with Gasteiger partial charge in [-0.1, -0.05) is 48.2 Å². The highest BCUT2D eigenvalue weighted by Gasteiger charge is 2.31. The number of thioether (sulfide) groups is 1. The smallest absolute Gasteiger partial charge is 0.262 e. The number of ether oxygens (including phenoxy) is 1. The van der Waals surface area contributed by atoms with E-state index in [-0.39, 0.29) is 22.8 Å². The van der Waals surface area contributed by atoms with Crippen molar-refractivity contribution in [3.8, 4) is 0 Å². The molecule has 0 saturated heterocycles. The monoisotopic (exact) mass is 491 g/mol. The number of thiophene rings is 1. The number of hydrogen-bond acceptors (Lipinski definition) is 6. The van der Waals surface area contributed by atoms with E-state index in [9.17, 15) is 9.59 Å². The van der Waals surface area contributed by atoms with Gasteiger partial charge in [0.1, 0.15) is 4.83 Å². The van der Waals surface area contributed by atoms with E-state index in [1.165, 1.54) is 23.1 Å². The molecule has 2 aromatic heterocycles. The molecule has 0 unspecified atom stereocenters. The summed E-state index contributed by atoms with van der Waals surface area (Å²) in [5, 5.41) is 1.22. The lowest BCUT2D eigenvalue weighted by Crippen LogP contribution is -2.32. The van der Waals surface area contributed by atoms with Crippen molar-refractivity contribution in [2.75, 3.05) is 10.7 Å². The molecule has 1 amide bonds. The van der Waals surface area contributed by atoms with Crippen molar-refractivity contribution in [1.29, 1.82) is 0 Å². The topological polar surface area (TPSA) is 64.4 Å². The summed E-state index contributed by atoms with van der Waals surface area (Å²) in [5.74, 6) is 0.0638. The number of fused-ring (bicyclic) bond motifs is 3. The molecule has 2 aromatic carbocycles. The largest absolute Gasteiger partial charge is 0.370 e. The van der Waals surface area contributed by atoms with Gasteiger partial charge in [0.2, 0.25) is 5.91 Å². The Balaban J connectivity index is 1.45. The highest BCUT2D eigenvalue weighted by molar-refractivity contribution is 7.99. The molecule has 0 radical (unpaired) electrons. The van der Waals surface area contributed by atoms with Crippen molar-refractivity contribution in [2.24, 2.45) is 7.05 Å². The molecule has 1 aliphatic heterocycles. The minimum absolute atomic E-state index is 0.0712. The van der Waals surface area contributed by atoms with Crippen LogP contribution >= 0.6 is 23.1 Å². The Labute approximate surface area is 206 Å². The zero-order valence-electron chi connectivity index (χ0n) is 19.3. The lowest BCUT2D eigenvalue weighted by Gasteiger charge is -2.29. The number of carbonyl (C=O) groups is 1. The summed E-state index contributed by atoms with van der Waals surface area (Å²) < 4.78 is 7.49. The second-order valence-electron chi connectivity index (χ2n) is 8.86. The maximum absolute atomic E-state index is 13.4. The van der Waals surface area contributed by atoms with E-state index in [0.717, 1.165) is 21.8 Å². The Morgan fingerprint density at radius 1 is 1.12 bits per heavy atom. The molecule has 0 aliphatic carbocycles. The van der Waals surface area contributed by atoms with Gasteiger partial charge in [0.05, 0.1) is 23.3 Å². The second kappa shape index (κ2) is 9.02. The highest BCUT2D eigenvalue weighted by Crippen LogP contribution is 2.37. The van der Waals surface area contributed by atoms with Gasteiger partial charge in [-0.2, -0.15) is 0 Å². The summed E-state index contributed by atoms with van der Waals surface area (Å²) in [5.41, 5.74) is 2.27. The Hall–Kier alpha value is -2.94. The zero-order chi connectivity index (χ0) is 23.9. The standard InChI is InChI=1S/C26H25N3O3S2/c1-26(2)14-19-20(15-32-26)34-23-22(19)24(31)28(3)25(27-23)33-16-21(30)29(17-10-6-4-7-11-17)18-12-8-5-9-13-18/h4-13H,14-16H2,1-3H3. The lowest BCUT2D eigenvalue weighted by atomic mass is 9.94. The van der Waals surface area contributed by atoms with Crippen molar-refractivity contribution in [3.05, 3.63) is 81.5 Å². The molecule has 6 nitrogen and oxygen atoms in total. The van der Waals surface area contributed by atoms with Gasteiger partial charge in [-0.05, 0) is 43.7 Å². The number of anilines is 2. The molecule has 0 saturated carbocycles. The predicted octanol–water partition coefficient (Wildman–Crippen LogP) is 5.30. The summed E-state index contributed by atoms with van der Waals surface area (Å²) in [6.45, 7) is 4.58. The van der Waals surface area contributed by atoms with Crippen LogP contribution in [0, 0.1) is 0 Å². The summed E-state index contributed by atoms with van der Waals surface area (Å²) in [6, 6.07) is 19.1. The first-order chi connectivity index (χ1) is 16.3. The molecule has 5 rings (SSSR count). The van der Waals surface area contributed by atoms with Gasteiger partial charge >= 0.3 is 0 Å². The normalized spacial score (nSPS) is 14.7. The first-order valence-corrected chi connectivity index (χ1v) is 12.9. The molecule has 34 heavy (non-hydrogen) atoms. The molecule has 0 N–H and O–H groups in total. The summed E-state index contributed by atoms with van der Waals surface area (Å²) in [6.07, 6.45) is 0.688. The number of aromatic nitrogens is 2. The molecule has 174 valence electrons.